The van der Waals surface area contributed by atoms with Crippen LogP contribution < -0.4 is 5.06 Å². The van der Waals surface area contributed by atoms with E-state index < -0.39 is 39.7 Å². The first kappa shape index (κ1) is 22.2. The number of anilines is 1. The summed E-state index contributed by atoms with van der Waals surface area (Å²) in [4.78, 5) is 55.8. The molecule has 3 aromatic carbocycles. The minimum Gasteiger partial charge on any atom is -0.275 e. The molecule has 0 aliphatic carbocycles. The van der Waals surface area contributed by atoms with Crippen LogP contribution in [0.15, 0.2) is 78.9 Å². The van der Waals surface area contributed by atoms with Gasteiger partial charge in [0.1, 0.15) is 12.0 Å². The highest BCUT2D eigenvalue weighted by atomic mass is 16.7. The first-order chi connectivity index (χ1) is 16.9. The van der Waals surface area contributed by atoms with E-state index in [1.165, 1.54) is 47.5 Å². The number of hydroxylamine groups is 1. The van der Waals surface area contributed by atoms with Crippen LogP contribution in [0.4, 0.5) is 17.1 Å². The van der Waals surface area contributed by atoms with Gasteiger partial charge < -0.3 is 0 Å². The summed E-state index contributed by atoms with van der Waals surface area (Å²) in [6.45, 7) is 0.0370. The monoisotopic (exact) mass is 474 g/mol. The highest BCUT2D eigenvalue weighted by Gasteiger charge is 2.60. The van der Waals surface area contributed by atoms with Crippen LogP contribution in [0.1, 0.15) is 17.2 Å². The number of nitrogens with zero attached hydrogens (tertiary/aromatic N) is 4. The van der Waals surface area contributed by atoms with Gasteiger partial charge in [0.25, 0.3) is 17.3 Å². The number of carbonyl (C=O) groups is 2. The van der Waals surface area contributed by atoms with Crippen LogP contribution in [0.25, 0.3) is 0 Å². The third kappa shape index (κ3) is 3.77. The molecule has 0 unspecified atom stereocenters. The molecule has 2 heterocycles. The summed E-state index contributed by atoms with van der Waals surface area (Å²) in [6.07, 6.45) is -1.23. The third-order valence-corrected chi connectivity index (χ3v) is 6.14. The molecule has 0 aromatic heterocycles. The molecule has 2 fully saturated rings. The second-order valence-corrected chi connectivity index (χ2v) is 8.16. The topological polar surface area (TPSA) is 136 Å². The van der Waals surface area contributed by atoms with Crippen molar-refractivity contribution in [3.63, 3.8) is 0 Å². The lowest BCUT2D eigenvalue weighted by molar-refractivity contribution is -0.385. The Balaban J connectivity index is 1.60. The van der Waals surface area contributed by atoms with Crippen LogP contribution in [-0.4, -0.2) is 32.7 Å². The summed E-state index contributed by atoms with van der Waals surface area (Å²) in [6, 6.07) is 19.3. The van der Waals surface area contributed by atoms with E-state index in [0.717, 1.165) is 10.5 Å². The van der Waals surface area contributed by atoms with Crippen LogP contribution in [-0.2, 0) is 21.0 Å². The smallest absolute Gasteiger partial charge is 0.274 e. The number of hydrogen-bond acceptors (Lipinski definition) is 8. The average Bonchev–Trinajstić information content (AvgIpc) is 3.36. The number of imide groups is 1. The van der Waals surface area contributed by atoms with E-state index in [4.69, 9.17) is 4.84 Å². The minimum absolute atomic E-state index is 0.0370. The van der Waals surface area contributed by atoms with Crippen molar-refractivity contribution in [2.75, 3.05) is 5.06 Å². The molecule has 2 aliphatic heterocycles. The molecule has 0 N–H and O–H groups in total. The van der Waals surface area contributed by atoms with E-state index in [2.05, 4.69) is 0 Å². The number of nitro groups is 2. The Hall–Kier alpha value is -4.64. The lowest BCUT2D eigenvalue weighted by Crippen LogP contribution is -2.37. The number of likely N-dealkylation sites (tertiary alicyclic amines) is 1. The first-order valence-electron chi connectivity index (χ1n) is 10.7. The molecule has 5 rings (SSSR count). The second kappa shape index (κ2) is 8.61. The number of non-ortho nitro benzene ring substituents is 1. The van der Waals surface area contributed by atoms with Gasteiger partial charge in [0, 0.05) is 18.2 Å². The highest BCUT2D eigenvalue weighted by molar-refractivity contribution is 6.07. The predicted octanol–water partition coefficient (Wildman–Crippen LogP) is 3.55. The summed E-state index contributed by atoms with van der Waals surface area (Å²) < 4.78 is 0. The zero-order chi connectivity index (χ0) is 24.7. The van der Waals surface area contributed by atoms with Crippen LogP contribution in [0.3, 0.4) is 0 Å². The average molecular weight is 474 g/mol. The molecular weight excluding hydrogens is 456 g/mol. The molecule has 0 radical (unpaired) electrons. The molecule has 3 aromatic rings. The van der Waals surface area contributed by atoms with Gasteiger partial charge in [-0.3, -0.25) is 39.6 Å². The highest BCUT2D eigenvalue weighted by Crippen LogP contribution is 2.49. The van der Waals surface area contributed by atoms with Crippen molar-refractivity contribution in [2.45, 2.75) is 18.7 Å². The van der Waals surface area contributed by atoms with Gasteiger partial charge in [0.2, 0.25) is 5.91 Å². The number of nitro benzene ring substituents is 2. The first-order valence-corrected chi connectivity index (χ1v) is 10.7. The molecule has 176 valence electrons. The van der Waals surface area contributed by atoms with Gasteiger partial charge in [0.15, 0.2) is 6.10 Å². The normalized spacial score (nSPS) is 21.3. The van der Waals surface area contributed by atoms with Crippen molar-refractivity contribution in [1.29, 1.82) is 0 Å². The quantitative estimate of drug-likeness (QED) is 0.301. The van der Waals surface area contributed by atoms with Gasteiger partial charge in [-0.25, -0.2) is 5.06 Å². The van der Waals surface area contributed by atoms with Gasteiger partial charge in [-0.1, -0.05) is 48.5 Å². The number of fused-ring (bicyclic) bond motifs is 1. The van der Waals surface area contributed by atoms with E-state index in [-0.39, 0.29) is 29.2 Å². The van der Waals surface area contributed by atoms with Crippen LogP contribution in [0.2, 0.25) is 0 Å². The fourth-order valence-corrected chi connectivity index (χ4v) is 4.58. The van der Waals surface area contributed by atoms with E-state index in [1.807, 2.05) is 6.07 Å². The molecule has 3 atom stereocenters. The van der Waals surface area contributed by atoms with E-state index >= 15 is 0 Å². The molecule has 35 heavy (non-hydrogen) atoms. The molecule has 0 saturated carbocycles. The molecule has 0 spiro atoms. The third-order valence-electron chi connectivity index (χ3n) is 6.14. The maximum Gasteiger partial charge on any atom is 0.274 e. The maximum absolute atomic E-state index is 13.5. The van der Waals surface area contributed by atoms with Gasteiger partial charge in [-0.2, -0.15) is 0 Å². The Kier molecular flexibility index (Phi) is 5.46. The fourth-order valence-electron chi connectivity index (χ4n) is 4.58. The summed E-state index contributed by atoms with van der Waals surface area (Å²) in [5, 5.41) is 24.3. The van der Waals surface area contributed by atoms with Gasteiger partial charge in [-0.05, 0) is 17.7 Å². The standard InChI is InChI=1S/C24H18N4O7/c29-23-20-21(18-11-4-5-12-19(18)28(33)34)26(16-9-6-10-17(13-16)27(31)32)35-22(20)24(30)25(23)14-15-7-2-1-3-8-15/h1-13,20-22H,14H2/t20-,21+,22+/m1/s1. The molecule has 0 bridgehead atoms. The largest absolute Gasteiger partial charge is 0.275 e. The molecule has 2 amide bonds. The molecule has 2 saturated heterocycles. The van der Waals surface area contributed by atoms with E-state index in [0.29, 0.717) is 0 Å². The molecule has 11 nitrogen and oxygen atoms in total. The second-order valence-electron chi connectivity index (χ2n) is 8.16. The Morgan fingerprint density at radius 3 is 2.26 bits per heavy atom. The molecular formula is C24H18N4O7. The minimum atomic E-state index is -1.23. The fraction of sp³-hybridized carbons (Fsp3) is 0.167. The number of rotatable bonds is 6. The van der Waals surface area contributed by atoms with Crippen LogP contribution in [0.5, 0.6) is 0 Å². The van der Waals surface area contributed by atoms with Crippen molar-refractivity contribution in [3.05, 3.63) is 110 Å². The number of hydrogen-bond donors (Lipinski definition) is 0. The number of benzene rings is 3. The van der Waals surface area contributed by atoms with Crippen molar-refractivity contribution < 1.29 is 24.3 Å². The Labute approximate surface area is 198 Å². The van der Waals surface area contributed by atoms with Crippen molar-refractivity contribution in [1.82, 2.24) is 4.90 Å². The molecule has 11 heteroatoms. The SMILES string of the molecule is O=C1[C@H]2[C@H](ON(c3cccc([N+](=O)[O-])c3)[C@H]2c2ccccc2[N+](=O)[O-])C(=O)N1Cc1ccccc1. The summed E-state index contributed by atoms with van der Waals surface area (Å²) in [7, 11) is 0. The zero-order valence-electron chi connectivity index (χ0n) is 18.1. The molecule has 2 aliphatic rings. The maximum atomic E-state index is 13.5. The zero-order valence-corrected chi connectivity index (χ0v) is 18.1. The lowest BCUT2D eigenvalue weighted by Gasteiger charge is -2.28. The van der Waals surface area contributed by atoms with E-state index in [9.17, 15) is 29.8 Å². The van der Waals surface area contributed by atoms with Gasteiger partial charge >= 0.3 is 0 Å². The number of para-hydroxylation sites is 1. The summed E-state index contributed by atoms with van der Waals surface area (Å²) in [5.41, 5.74) is 0.630. The Morgan fingerprint density at radius 2 is 1.54 bits per heavy atom. The van der Waals surface area contributed by atoms with Gasteiger partial charge in [-0.15, -0.1) is 0 Å². The van der Waals surface area contributed by atoms with Crippen molar-refractivity contribution in [2.24, 2.45) is 5.92 Å². The van der Waals surface area contributed by atoms with E-state index in [1.54, 1.807) is 30.3 Å². The number of amides is 2. The van der Waals surface area contributed by atoms with Crippen molar-refractivity contribution in [3.8, 4) is 0 Å². The summed E-state index contributed by atoms with van der Waals surface area (Å²) >= 11 is 0. The Morgan fingerprint density at radius 1 is 0.829 bits per heavy atom. The van der Waals surface area contributed by atoms with Crippen molar-refractivity contribution >= 4 is 28.9 Å². The Bertz CT molecular complexity index is 1350. The number of carbonyl (C=O) groups excluding carboxylic acids is 2. The lowest BCUT2D eigenvalue weighted by atomic mass is 9.89. The van der Waals surface area contributed by atoms with Crippen LogP contribution in [0, 0.1) is 26.1 Å². The van der Waals surface area contributed by atoms with Gasteiger partial charge in [0.05, 0.1) is 27.6 Å². The summed E-state index contributed by atoms with van der Waals surface area (Å²) in [5.74, 6) is -2.17. The predicted molar refractivity (Wildman–Crippen MR) is 122 cm³/mol. The van der Waals surface area contributed by atoms with Crippen LogP contribution >= 0.6 is 0 Å².